The van der Waals surface area contributed by atoms with Gasteiger partial charge >= 0.3 is 0 Å². The van der Waals surface area contributed by atoms with Crippen LogP contribution in [0.3, 0.4) is 0 Å². The molecule has 2 atom stereocenters. The van der Waals surface area contributed by atoms with E-state index in [1.807, 2.05) is 0 Å². The lowest BCUT2D eigenvalue weighted by atomic mass is 10.0. The van der Waals surface area contributed by atoms with Crippen molar-refractivity contribution < 1.29 is 12.8 Å². The molecule has 2 aliphatic rings. The Morgan fingerprint density at radius 2 is 1.90 bits per heavy atom. The zero-order valence-electron chi connectivity index (χ0n) is 12.2. The van der Waals surface area contributed by atoms with Crippen molar-refractivity contribution in [1.29, 1.82) is 0 Å². The first-order valence-corrected chi connectivity index (χ1v) is 8.86. The maximum Gasteiger partial charge on any atom is 0.243 e. The monoisotopic (exact) mass is 312 g/mol. The molecule has 116 valence electrons. The first-order chi connectivity index (χ1) is 9.93. The molecular weight excluding hydrogens is 291 g/mol. The molecule has 21 heavy (non-hydrogen) atoms. The van der Waals surface area contributed by atoms with E-state index in [-0.39, 0.29) is 17.0 Å². The minimum Gasteiger partial charge on any atom is -0.326 e. The third-order valence-corrected chi connectivity index (χ3v) is 6.66. The molecule has 1 aliphatic carbocycles. The third-order valence-electron chi connectivity index (χ3n) is 4.85. The van der Waals surface area contributed by atoms with Crippen LogP contribution in [-0.4, -0.2) is 25.8 Å². The number of aryl methyl sites for hydroxylation is 1. The van der Waals surface area contributed by atoms with Crippen molar-refractivity contribution in [3.05, 3.63) is 29.1 Å². The second kappa shape index (κ2) is 5.34. The number of nitrogens with two attached hydrogens (primary N) is 1. The van der Waals surface area contributed by atoms with Gasteiger partial charge in [-0.2, -0.15) is 4.31 Å². The first-order valence-electron chi connectivity index (χ1n) is 7.42. The summed E-state index contributed by atoms with van der Waals surface area (Å²) in [7, 11) is -3.54. The van der Waals surface area contributed by atoms with Gasteiger partial charge in [0, 0.05) is 25.2 Å². The van der Waals surface area contributed by atoms with Crippen LogP contribution in [0.1, 0.15) is 30.4 Å². The van der Waals surface area contributed by atoms with Gasteiger partial charge in [0.25, 0.3) is 0 Å². The van der Waals surface area contributed by atoms with Crippen LogP contribution in [0.15, 0.2) is 17.0 Å². The van der Waals surface area contributed by atoms with Crippen LogP contribution in [0.5, 0.6) is 0 Å². The Morgan fingerprint density at radius 3 is 2.48 bits per heavy atom. The van der Waals surface area contributed by atoms with Gasteiger partial charge in [-0.05, 0) is 49.3 Å². The van der Waals surface area contributed by atoms with Gasteiger partial charge in [-0.25, -0.2) is 12.8 Å². The number of hydrogen-bond acceptors (Lipinski definition) is 3. The summed E-state index contributed by atoms with van der Waals surface area (Å²) < 4.78 is 40.9. The second-order valence-corrected chi connectivity index (χ2v) is 8.13. The highest BCUT2D eigenvalue weighted by atomic mass is 32.2. The predicted molar refractivity (Wildman–Crippen MR) is 78.6 cm³/mol. The van der Waals surface area contributed by atoms with E-state index in [0.29, 0.717) is 30.5 Å². The van der Waals surface area contributed by atoms with Crippen molar-refractivity contribution in [2.45, 2.75) is 37.6 Å². The SMILES string of the molecule is Cc1cc(S(=O)(=O)N2CC3CCCC3C2)cc(CN)c1F. The average molecular weight is 312 g/mol. The lowest BCUT2D eigenvalue weighted by Crippen LogP contribution is -2.30. The molecule has 1 aromatic rings. The summed E-state index contributed by atoms with van der Waals surface area (Å²) in [4.78, 5) is 0.168. The summed E-state index contributed by atoms with van der Waals surface area (Å²) in [6, 6.07) is 2.80. The van der Waals surface area contributed by atoms with E-state index in [0.717, 1.165) is 12.8 Å². The van der Waals surface area contributed by atoms with Crippen LogP contribution in [0.4, 0.5) is 4.39 Å². The standard InChI is InChI=1S/C15H21FN2O2S/c1-10-5-14(6-13(7-17)15(10)16)21(19,20)18-8-11-3-2-4-12(11)9-18/h5-6,11-12H,2-4,7-9,17H2,1H3. The Balaban J connectivity index is 1.94. The molecule has 2 fully saturated rings. The number of sulfonamides is 1. The van der Waals surface area contributed by atoms with E-state index < -0.39 is 15.8 Å². The fraction of sp³-hybridized carbons (Fsp3) is 0.600. The summed E-state index contributed by atoms with van der Waals surface area (Å²) in [5.74, 6) is 0.584. The zero-order chi connectivity index (χ0) is 15.2. The molecule has 1 heterocycles. The van der Waals surface area contributed by atoms with Crippen LogP contribution >= 0.6 is 0 Å². The molecule has 0 bridgehead atoms. The molecule has 2 unspecified atom stereocenters. The van der Waals surface area contributed by atoms with E-state index in [2.05, 4.69) is 0 Å². The molecule has 4 nitrogen and oxygen atoms in total. The zero-order valence-corrected chi connectivity index (χ0v) is 13.0. The Labute approximate surface area is 125 Å². The Bertz CT molecular complexity index is 648. The number of nitrogens with zero attached hydrogens (tertiary/aromatic N) is 1. The van der Waals surface area contributed by atoms with Gasteiger partial charge in [0.1, 0.15) is 5.82 Å². The molecule has 1 saturated heterocycles. The molecule has 0 radical (unpaired) electrons. The Hall–Kier alpha value is -0.980. The van der Waals surface area contributed by atoms with E-state index in [9.17, 15) is 12.8 Å². The van der Waals surface area contributed by atoms with E-state index in [1.54, 1.807) is 11.2 Å². The number of hydrogen-bond donors (Lipinski definition) is 1. The lowest BCUT2D eigenvalue weighted by molar-refractivity contribution is 0.445. The topological polar surface area (TPSA) is 63.4 Å². The van der Waals surface area contributed by atoms with Gasteiger partial charge < -0.3 is 5.73 Å². The van der Waals surface area contributed by atoms with Crippen LogP contribution in [-0.2, 0) is 16.6 Å². The van der Waals surface area contributed by atoms with Crippen molar-refractivity contribution in [3.63, 3.8) is 0 Å². The molecule has 3 rings (SSSR count). The molecule has 2 N–H and O–H groups in total. The highest BCUT2D eigenvalue weighted by molar-refractivity contribution is 7.89. The summed E-state index contributed by atoms with van der Waals surface area (Å²) in [6.07, 6.45) is 3.44. The second-order valence-electron chi connectivity index (χ2n) is 6.19. The molecule has 0 amide bonds. The van der Waals surface area contributed by atoms with Crippen LogP contribution < -0.4 is 5.73 Å². The molecule has 1 saturated carbocycles. The molecule has 1 aromatic carbocycles. The number of halogens is 1. The quantitative estimate of drug-likeness (QED) is 0.928. The third kappa shape index (κ3) is 2.49. The van der Waals surface area contributed by atoms with Crippen LogP contribution in [0, 0.1) is 24.6 Å². The van der Waals surface area contributed by atoms with E-state index in [4.69, 9.17) is 5.73 Å². The average Bonchev–Trinajstić information content (AvgIpc) is 3.02. The van der Waals surface area contributed by atoms with Crippen molar-refractivity contribution in [2.75, 3.05) is 13.1 Å². The normalized spacial score (nSPS) is 26.2. The number of fused-ring (bicyclic) bond motifs is 1. The van der Waals surface area contributed by atoms with Crippen LogP contribution in [0.25, 0.3) is 0 Å². The highest BCUT2D eigenvalue weighted by Crippen LogP contribution is 2.40. The highest BCUT2D eigenvalue weighted by Gasteiger charge is 2.41. The smallest absolute Gasteiger partial charge is 0.243 e. The maximum atomic E-state index is 13.8. The molecule has 0 aromatic heterocycles. The summed E-state index contributed by atoms with van der Waals surface area (Å²) in [6.45, 7) is 2.77. The predicted octanol–water partition coefficient (Wildman–Crippen LogP) is 2.01. The number of benzene rings is 1. The fourth-order valence-corrected chi connectivity index (χ4v) is 5.33. The van der Waals surface area contributed by atoms with Gasteiger partial charge in [0.2, 0.25) is 10.0 Å². The summed E-state index contributed by atoms with van der Waals surface area (Å²) >= 11 is 0. The minimum absolute atomic E-state index is 0.00127. The van der Waals surface area contributed by atoms with Gasteiger partial charge in [-0.1, -0.05) is 6.42 Å². The molecule has 0 spiro atoms. The molecular formula is C15H21FN2O2S. The largest absolute Gasteiger partial charge is 0.326 e. The maximum absolute atomic E-state index is 13.8. The van der Waals surface area contributed by atoms with Crippen molar-refractivity contribution in [1.82, 2.24) is 4.31 Å². The van der Waals surface area contributed by atoms with Gasteiger partial charge in [0.15, 0.2) is 0 Å². The van der Waals surface area contributed by atoms with E-state index in [1.165, 1.54) is 18.6 Å². The first kappa shape index (κ1) is 14.9. The van der Waals surface area contributed by atoms with E-state index >= 15 is 0 Å². The van der Waals surface area contributed by atoms with Crippen molar-refractivity contribution in [2.24, 2.45) is 17.6 Å². The lowest BCUT2D eigenvalue weighted by Gasteiger charge is -2.18. The van der Waals surface area contributed by atoms with Crippen molar-refractivity contribution >= 4 is 10.0 Å². The van der Waals surface area contributed by atoms with Gasteiger partial charge in [-0.15, -0.1) is 0 Å². The van der Waals surface area contributed by atoms with Gasteiger partial charge in [-0.3, -0.25) is 0 Å². The van der Waals surface area contributed by atoms with Crippen LogP contribution in [0.2, 0.25) is 0 Å². The minimum atomic E-state index is -3.54. The fourth-order valence-electron chi connectivity index (χ4n) is 3.64. The van der Waals surface area contributed by atoms with Crippen molar-refractivity contribution in [3.8, 4) is 0 Å². The number of rotatable bonds is 3. The van der Waals surface area contributed by atoms with Gasteiger partial charge in [0.05, 0.1) is 4.90 Å². The Morgan fingerprint density at radius 1 is 1.29 bits per heavy atom. The summed E-state index contributed by atoms with van der Waals surface area (Å²) in [5.41, 5.74) is 6.10. The molecule has 6 heteroatoms. The summed E-state index contributed by atoms with van der Waals surface area (Å²) in [5, 5.41) is 0. The Kier molecular flexibility index (Phi) is 3.80. The molecule has 1 aliphatic heterocycles.